The van der Waals surface area contributed by atoms with Gasteiger partial charge in [-0.15, -0.1) is 0 Å². The van der Waals surface area contributed by atoms with Crippen molar-refractivity contribution in [2.45, 2.75) is 13.8 Å². The summed E-state index contributed by atoms with van der Waals surface area (Å²) in [5.74, 6) is 0.720. The van der Waals surface area contributed by atoms with Crippen molar-refractivity contribution in [3.63, 3.8) is 0 Å². The lowest BCUT2D eigenvalue weighted by Gasteiger charge is -2.02. The molecule has 0 spiro atoms. The van der Waals surface area contributed by atoms with Gasteiger partial charge in [-0.1, -0.05) is 13.8 Å². The molecule has 0 fully saturated rings. The third-order valence-corrected chi connectivity index (χ3v) is 1.96. The third kappa shape index (κ3) is 3.77. The first-order chi connectivity index (χ1) is 7.63. The van der Waals surface area contributed by atoms with Crippen molar-refractivity contribution in [1.82, 2.24) is 0 Å². The predicted octanol–water partition coefficient (Wildman–Crippen LogP) is 3.02. The Morgan fingerprint density at radius 2 is 1.88 bits per heavy atom. The number of carbonyl (C=O) groups excluding carboxylic acids is 1. The van der Waals surface area contributed by atoms with Gasteiger partial charge in [-0.25, -0.2) is 4.79 Å². The molecule has 16 heavy (non-hydrogen) atoms. The topological polar surface area (TPSA) is 35.5 Å². The van der Waals surface area contributed by atoms with E-state index in [2.05, 4.69) is 0 Å². The van der Waals surface area contributed by atoms with Crippen LogP contribution in [-0.4, -0.2) is 13.1 Å². The molecular weight excluding hydrogens is 204 g/mol. The van der Waals surface area contributed by atoms with E-state index in [4.69, 9.17) is 9.47 Å². The second-order valence-electron chi connectivity index (χ2n) is 3.71. The van der Waals surface area contributed by atoms with Gasteiger partial charge in [0.15, 0.2) is 0 Å². The van der Waals surface area contributed by atoms with Gasteiger partial charge in [0.2, 0.25) is 0 Å². The SMILES string of the molecule is COc1ccc(C(=O)O/C=C\C(C)C)cc1. The molecule has 0 saturated heterocycles. The van der Waals surface area contributed by atoms with Crippen LogP contribution in [0.4, 0.5) is 0 Å². The lowest BCUT2D eigenvalue weighted by Crippen LogP contribution is -2.00. The molecule has 0 atom stereocenters. The molecule has 3 nitrogen and oxygen atoms in total. The normalized spacial score (nSPS) is 10.8. The van der Waals surface area contributed by atoms with Crippen molar-refractivity contribution in [1.29, 1.82) is 0 Å². The van der Waals surface area contributed by atoms with Crippen LogP contribution in [0.3, 0.4) is 0 Å². The molecule has 0 saturated carbocycles. The monoisotopic (exact) mass is 220 g/mol. The summed E-state index contributed by atoms with van der Waals surface area (Å²) in [4.78, 5) is 11.5. The van der Waals surface area contributed by atoms with E-state index in [1.165, 1.54) is 6.26 Å². The van der Waals surface area contributed by atoms with Crippen LogP contribution in [0.2, 0.25) is 0 Å². The third-order valence-electron chi connectivity index (χ3n) is 1.96. The molecule has 0 bridgehead atoms. The number of esters is 1. The smallest absolute Gasteiger partial charge is 0.342 e. The fourth-order valence-electron chi connectivity index (χ4n) is 1.05. The van der Waals surface area contributed by atoms with E-state index in [1.807, 2.05) is 19.9 Å². The Bertz CT molecular complexity index is 363. The molecule has 0 radical (unpaired) electrons. The van der Waals surface area contributed by atoms with Crippen LogP contribution in [0.5, 0.6) is 5.75 Å². The van der Waals surface area contributed by atoms with E-state index in [1.54, 1.807) is 31.4 Å². The lowest BCUT2D eigenvalue weighted by atomic mass is 10.2. The van der Waals surface area contributed by atoms with Crippen LogP contribution >= 0.6 is 0 Å². The molecule has 0 unspecified atom stereocenters. The Hall–Kier alpha value is -1.77. The van der Waals surface area contributed by atoms with Crippen LogP contribution in [0.15, 0.2) is 36.6 Å². The van der Waals surface area contributed by atoms with Crippen LogP contribution in [0.1, 0.15) is 24.2 Å². The number of allylic oxidation sites excluding steroid dienone is 1. The van der Waals surface area contributed by atoms with E-state index in [9.17, 15) is 4.79 Å². The molecule has 0 heterocycles. The van der Waals surface area contributed by atoms with E-state index >= 15 is 0 Å². The number of carbonyl (C=O) groups is 1. The number of hydrogen-bond donors (Lipinski definition) is 0. The van der Waals surface area contributed by atoms with Gasteiger partial charge < -0.3 is 9.47 Å². The van der Waals surface area contributed by atoms with Gasteiger partial charge in [-0.05, 0) is 36.3 Å². The predicted molar refractivity (Wildman–Crippen MR) is 62.4 cm³/mol. The minimum absolute atomic E-state index is 0.362. The zero-order valence-corrected chi connectivity index (χ0v) is 9.77. The van der Waals surface area contributed by atoms with Crippen LogP contribution in [0.25, 0.3) is 0 Å². The van der Waals surface area contributed by atoms with Gasteiger partial charge in [0.05, 0.1) is 18.9 Å². The van der Waals surface area contributed by atoms with Crippen molar-refractivity contribution in [2.75, 3.05) is 7.11 Å². The maximum Gasteiger partial charge on any atom is 0.342 e. The summed E-state index contributed by atoms with van der Waals surface area (Å²) in [6, 6.07) is 6.79. The van der Waals surface area contributed by atoms with Gasteiger partial charge in [0, 0.05) is 0 Å². The standard InChI is InChI=1S/C13H16O3/c1-10(2)8-9-16-13(14)11-4-6-12(15-3)7-5-11/h4-10H,1-3H3/b9-8-. The lowest BCUT2D eigenvalue weighted by molar-refractivity contribution is 0.0661. The average molecular weight is 220 g/mol. The molecule has 0 amide bonds. The molecule has 0 aliphatic heterocycles. The molecule has 0 aromatic heterocycles. The van der Waals surface area contributed by atoms with Crippen LogP contribution in [0, 0.1) is 5.92 Å². The number of ether oxygens (including phenoxy) is 2. The van der Waals surface area contributed by atoms with Gasteiger partial charge in [0.1, 0.15) is 5.75 Å². The Kier molecular flexibility index (Phi) is 4.58. The number of rotatable bonds is 4. The Balaban J connectivity index is 2.59. The van der Waals surface area contributed by atoms with E-state index in [-0.39, 0.29) is 5.97 Å². The summed E-state index contributed by atoms with van der Waals surface area (Å²) >= 11 is 0. The fourth-order valence-corrected chi connectivity index (χ4v) is 1.05. The van der Waals surface area contributed by atoms with Gasteiger partial charge in [0.25, 0.3) is 0 Å². The molecule has 0 N–H and O–H groups in total. The Morgan fingerprint density at radius 1 is 1.25 bits per heavy atom. The molecule has 0 aliphatic carbocycles. The fraction of sp³-hybridized carbons (Fsp3) is 0.308. The van der Waals surface area contributed by atoms with Gasteiger partial charge >= 0.3 is 5.97 Å². The first-order valence-corrected chi connectivity index (χ1v) is 5.15. The number of methoxy groups -OCH3 is 1. The molecule has 86 valence electrons. The van der Waals surface area contributed by atoms with Crippen molar-refractivity contribution < 1.29 is 14.3 Å². The van der Waals surface area contributed by atoms with Crippen molar-refractivity contribution in [2.24, 2.45) is 5.92 Å². The van der Waals surface area contributed by atoms with Crippen molar-refractivity contribution in [3.05, 3.63) is 42.2 Å². The quantitative estimate of drug-likeness (QED) is 0.578. The first-order valence-electron chi connectivity index (χ1n) is 5.15. The number of benzene rings is 1. The highest BCUT2D eigenvalue weighted by molar-refractivity contribution is 5.89. The van der Waals surface area contributed by atoms with Gasteiger partial charge in [-0.2, -0.15) is 0 Å². The van der Waals surface area contributed by atoms with E-state index in [0.29, 0.717) is 17.2 Å². The summed E-state index contributed by atoms with van der Waals surface area (Å²) in [5, 5.41) is 0. The van der Waals surface area contributed by atoms with Crippen LogP contribution < -0.4 is 4.74 Å². The summed E-state index contributed by atoms with van der Waals surface area (Å²) < 4.78 is 9.95. The summed E-state index contributed by atoms with van der Waals surface area (Å²) in [6.07, 6.45) is 3.25. The molecule has 1 aromatic carbocycles. The Morgan fingerprint density at radius 3 is 2.38 bits per heavy atom. The van der Waals surface area contributed by atoms with Crippen molar-refractivity contribution >= 4 is 5.97 Å². The zero-order valence-electron chi connectivity index (χ0n) is 9.77. The maximum absolute atomic E-state index is 11.5. The minimum Gasteiger partial charge on any atom is -0.497 e. The second-order valence-corrected chi connectivity index (χ2v) is 3.71. The molecule has 1 rings (SSSR count). The summed E-state index contributed by atoms with van der Waals surface area (Å²) in [5.41, 5.74) is 0.509. The van der Waals surface area contributed by atoms with Crippen molar-refractivity contribution in [3.8, 4) is 5.75 Å². The second kappa shape index (κ2) is 5.95. The minimum atomic E-state index is -0.362. The summed E-state index contributed by atoms with van der Waals surface area (Å²) in [6.45, 7) is 4.02. The number of hydrogen-bond acceptors (Lipinski definition) is 3. The van der Waals surface area contributed by atoms with E-state index < -0.39 is 0 Å². The van der Waals surface area contributed by atoms with E-state index in [0.717, 1.165) is 0 Å². The molecule has 3 heteroatoms. The highest BCUT2D eigenvalue weighted by Gasteiger charge is 2.05. The maximum atomic E-state index is 11.5. The highest BCUT2D eigenvalue weighted by atomic mass is 16.5. The highest BCUT2D eigenvalue weighted by Crippen LogP contribution is 2.12. The zero-order chi connectivity index (χ0) is 12.0. The Labute approximate surface area is 95.7 Å². The van der Waals surface area contributed by atoms with Gasteiger partial charge in [-0.3, -0.25) is 0 Å². The summed E-state index contributed by atoms with van der Waals surface area (Å²) in [7, 11) is 1.58. The average Bonchev–Trinajstić information content (AvgIpc) is 2.28. The molecular formula is C13H16O3. The van der Waals surface area contributed by atoms with Crippen LogP contribution in [-0.2, 0) is 4.74 Å². The largest absolute Gasteiger partial charge is 0.497 e. The molecule has 1 aromatic rings. The molecule has 0 aliphatic rings. The first kappa shape index (κ1) is 12.3.